The van der Waals surface area contributed by atoms with Crippen molar-refractivity contribution in [1.82, 2.24) is 0 Å². The molecular formula is C12H7ClO. The molecule has 1 heterocycles. The Morgan fingerprint density at radius 3 is 3.00 bits per heavy atom. The summed E-state index contributed by atoms with van der Waals surface area (Å²) in [6, 6.07) is 9.02. The van der Waals surface area contributed by atoms with Gasteiger partial charge in [0, 0.05) is 10.8 Å². The average Bonchev–Trinajstić information content (AvgIpc) is 2.64. The molecule has 0 N–H and O–H groups in total. The molecule has 0 fully saturated rings. The lowest BCUT2D eigenvalue weighted by molar-refractivity contribution is 0.669. The van der Waals surface area contributed by atoms with Crippen molar-refractivity contribution in [3.63, 3.8) is 0 Å². The maximum absolute atomic E-state index is 7.77. The van der Waals surface area contributed by atoms with E-state index in [2.05, 4.69) is 0 Å². The van der Waals surface area contributed by atoms with E-state index in [4.69, 9.17) is 18.8 Å². The number of halogens is 1. The maximum atomic E-state index is 7.77. The first-order valence-electron chi connectivity index (χ1n) is 5.25. The summed E-state index contributed by atoms with van der Waals surface area (Å²) >= 11 is 6.10. The van der Waals surface area contributed by atoms with E-state index in [-0.39, 0.29) is 12.1 Å². The Labute approximate surface area is 88.7 Å². The van der Waals surface area contributed by atoms with Gasteiger partial charge < -0.3 is 4.42 Å². The zero-order chi connectivity index (χ0) is 11.3. The number of benzene rings is 2. The van der Waals surface area contributed by atoms with E-state index in [9.17, 15) is 0 Å². The summed E-state index contributed by atoms with van der Waals surface area (Å²) in [4.78, 5) is 0. The van der Waals surface area contributed by atoms with Gasteiger partial charge in [-0.25, -0.2) is 0 Å². The molecule has 68 valence electrons. The van der Waals surface area contributed by atoms with Crippen molar-refractivity contribution < 1.29 is 7.16 Å². The van der Waals surface area contributed by atoms with E-state index < -0.39 is 0 Å². The van der Waals surface area contributed by atoms with Crippen LogP contribution in [0.4, 0.5) is 0 Å². The quantitative estimate of drug-likeness (QED) is 0.534. The molecule has 0 unspecified atom stereocenters. The van der Waals surface area contributed by atoms with E-state index in [1.54, 1.807) is 24.3 Å². The third-order valence-electron chi connectivity index (χ3n) is 2.22. The third-order valence-corrected chi connectivity index (χ3v) is 2.54. The van der Waals surface area contributed by atoms with Crippen LogP contribution in [0.3, 0.4) is 0 Å². The SMILES string of the molecule is [2H]c1ccc2c(oc3cccc(Cl)c32)c1[2H]. The molecule has 0 amide bonds. The van der Waals surface area contributed by atoms with Crippen molar-refractivity contribution in [3.8, 4) is 0 Å². The van der Waals surface area contributed by atoms with Crippen LogP contribution in [0.1, 0.15) is 2.74 Å². The van der Waals surface area contributed by atoms with Gasteiger partial charge in [0.25, 0.3) is 0 Å². The predicted molar refractivity (Wildman–Crippen MR) is 58.7 cm³/mol. The van der Waals surface area contributed by atoms with Gasteiger partial charge in [-0.15, -0.1) is 0 Å². The largest absolute Gasteiger partial charge is 0.456 e. The van der Waals surface area contributed by atoms with Gasteiger partial charge in [-0.05, 0) is 18.2 Å². The molecule has 0 atom stereocenters. The zero-order valence-electron chi connectivity index (χ0n) is 9.17. The number of hydrogen-bond donors (Lipinski definition) is 0. The van der Waals surface area contributed by atoms with Crippen LogP contribution in [0, 0.1) is 0 Å². The van der Waals surface area contributed by atoms with E-state index >= 15 is 0 Å². The lowest BCUT2D eigenvalue weighted by atomic mass is 10.1. The normalized spacial score (nSPS) is 13.2. The molecule has 2 heteroatoms. The van der Waals surface area contributed by atoms with Gasteiger partial charge in [0.2, 0.25) is 0 Å². The number of fused-ring (bicyclic) bond motifs is 3. The molecule has 0 aliphatic carbocycles. The van der Waals surface area contributed by atoms with E-state index in [1.807, 2.05) is 6.07 Å². The molecule has 0 radical (unpaired) electrons. The van der Waals surface area contributed by atoms with Crippen LogP contribution in [0.2, 0.25) is 5.02 Å². The minimum atomic E-state index is 0.102. The van der Waals surface area contributed by atoms with E-state index in [0.29, 0.717) is 16.2 Å². The van der Waals surface area contributed by atoms with Gasteiger partial charge in [0.05, 0.1) is 7.76 Å². The van der Waals surface area contributed by atoms with Crippen molar-refractivity contribution >= 4 is 33.5 Å². The fourth-order valence-corrected chi connectivity index (χ4v) is 1.88. The summed E-state index contributed by atoms with van der Waals surface area (Å²) in [5.41, 5.74) is 1.08. The highest BCUT2D eigenvalue weighted by molar-refractivity contribution is 6.37. The minimum absolute atomic E-state index is 0.102. The third kappa shape index (κ3) is 0.962. The second-order valence-electron chi connectivity index (χ2n) is 3.06. The Kier molecular flexibility index (Phi) is 1.20. The molecule has 0 aliphatic heterocycles. The fraction of sp³-hybridized carbons (Fsp3) is 0. The van der Waals surface area contributed by atoms with Gasteiger partial charge in [-0.1, -0.05) is 35.8 Å². The molecule has 0 aliphatic rings. The van der Waals surface area contributed by atoms with Crippen LogP contribution < -0.4 is 0 Å². The van der Waals surface area contributed by atoms with Crippen molar-refractivity contribution in [1.29, 1.82) is 0 Å². The van der Waals surface area contributed by atoms with Crippen LogP contribution in [-0.2, 0) is 0 Å². The number of rotatable bonds is 0. The van der Waals surface area contributed by atoms with Crippen molar-refractivity contribution in [2.75, 3.05) is 0 Å². The molecule has 2 aromatic carbocycles. The molecule has 0 saturated heterocycles. The molecule has 0 spiro atoms. The lowest BCUT2D eigenvalue weighted by Gasteiger charge is -1.91. The second-order valence-corrected chi connectivity index (χ2v) is 3.47. The van der Waals surface area contributed by atoms with Crippen LogP contribution in [0.5, 0.6) is 0 Å². The molecule has 3 rings (SSSR count). The molecular weight excluding hydrogens is 196 g/mol. The molecule has 0 bridgehead atoms. The monoisotopic (exact) mass is 204 g/mol. The van der Waals surface area contributed by atoms with Crippen LogP contribution in [0.15, 0.2) is 46.8 Å². The smallest absolute Gasteiger partial charge is 0.136 e. The Morgan fingerprint density at radius 1 is 1.14 bits per heavy atom. The van der Waals surface area contributed by atoms with E-state index in [1.165, 1.54) is 0 Å². The molecule has 1 aromatic heterocycles. The molecule has 0 saturated carbocycles. The first-order valence-corrected chi connectivity index (χ1v) is 4.63. The lowest BCUT2D eigenvalue weighted by Crippen LogP contribution is -1.67. The van der Waals surface area contributed by atoms with Gasteiger partial charge in [-0.3, -0.25) is 0 Å². The predicted octanol–water partition coefficient (Wildman–Crippen LogP) is 4.24. The minimum Gasteiger partial charge on any atom is -0.456 e. The standard InChI is InChI=1S/C12H7ClO/c13-9-5-3-7-11-12(9)8-4-1-2-6-10(8)14-11/h1-7H/i2D,6D. The second kappa shape index (κ2) is 2.76. The highest BCUT2D eigenvalue weighted by Gasteiger charge is 2.07. The topological polar surface area (TPSA) is 13.1 Å². The highest BCUT2D eigenvalue weighted by Crippen LogP contribution is 2.33. The first-order chi connectivity index (χ1) is 7.68. The Balaban J connectivity index is 2.62. The molecule has 1 nitrogen and oxygen atoms in total. The Hall–Kier alpha value is -1.47. The Morgan fingerprint density at radius 2 is 2.07 bits per heavy atom. The summed E-state index contributed by atoms with van der Waals surface area (Å²) in [5.74, 6) is 0. The maximum Gasteiger partial charge on any atom is 0.136 e. The first kappa shape index (κ1) is 6.10. The van der Waals surface area contributed by atoms with E-state index in [0.717, 1.165) is 10.8 Å². The zero-order valence-corrected chi connectivity index (χ0v) is 7.93. The van der Waals surface area contributed by atoms with Crippen LogP contribution in [0.25, 0.3) is 21.9 Å². The summed E-state index contributed by atoms with van der Waals surface area (Å²) < 4.78 is 20.9. The van der Waals surface area contributed by atoms with Gasteiger partial charge >= 0.3 is 0 Å². The van der Waals surface area contributed by atoms with Crippen molar-refractivity contribution in [2.45, 2.75) is 0 Å². The molecule has 14 heavy (non-hydrogen) atoms. The van der Waals surface area contributed by atoms with Gasteiger partial charge in [-0.2, -0.15) is 0 Å². The van der Waals surface area contributed by atoms with Gasteiger partial charge in [0.15, 0.2) is 0 Å². The number of para-hydroxylation sites is 1. The molecule has 3 aromatic rings. The summed E-state index contributed by atoms with van der Waals surface area (Å²) in [7, 11) is 0. The van der Waals surface area contributed by atoms with Crippen LogP contribution >= 0.6 is 11.6 Å². The Bertz CT molecular complexity index is 703. The van der Waals surface area contributed by atoms with Crippen LogP contribution in [-0.4, -0.2) is 0 Å². The van der Waals surface area contributed by atoms with Crippen molar-refractivity contribution in [3.05, 3.63) is 47.4 Å². The number of furan rings is 1. The number of hydrogen-bond acceptors (Lipinski definition) is 1. The highest BCUT2D eigenvalue weighted by atomic mass is 35.5. The summed E-state index contributed by atoms with van der Waals surface area (Å²) in [6.07, 6.45) is 0. The van der Waals surface area contributed by atoms with Gasteiger partial charge in [0.1, 0.15) is 11.2 Å². The average molecular weight is 205 g/mol. The fourth-order valence-electron chi connectivity index (χ4n) is 1.61. The summed E-state index contributed by atoms with van der Waals surface area (Å²) in [5, 5.41) is 2.21. The summed E-state index contributed by atoms with van der Waals surface area (Å²) in [6.45, 7) is 0. The van der Waals surface area contributed by atoms with Crippen molar-refractivity contribution in [2.24, 2.45) is 0 Å².